The molecule has 0 aliphatic carbocycles. The first kappa shape index (κ1) is 20.1. The van der Waals surface area contributed by atoms with E-state index in [-0.39, 0.29) is 11.5 Å². The minimum absolute atomic E-state index is 0.169. The van der Waals surface area contributed by atoms with Gasteiger partial charge in [0.05, 0.1) is 11.9 Å². The average molecular weight is 412 g/mol. The lowest BCUT2D eigenvalue weighted by Gasteiger charge is -2.44. The summed E-state index contributed by atoms with van der Waals surface area (Å²) >= 11 is 0. The van der Waals surface area contributed by atoms with Gasteiger partial charge in [-0.2, -0.15) is 0 Å². The molecule has 1 N–H and O–H groups in total. The molecule has 2 aliphatic heterocycles. The Morgan fingerprint density at radius 3 is 2.58 bits per heavy atom. The third-order valence-corrected chi connectivity index (χ3v) is 7.16. The third-order valence-electron chi connectivity index (χ3n) is 7.16. The molecule has 0 aromatic heterocycles. The van der Waals surface area contributed by atoms with Gasteiger partial charge in [-0.1, -0.05) is 79.7 Å². The van der Waals surface area contributed by atoms with Crippen molar-refractivity contribution in [3.8, 4) is 0 Å². The van der Waals surface area contributed by atoms with Crippen molar-refractivity contribution in [1.29, 1.82) is 0 Å². The topological polar surface area (TPSA) is 18.5 Å². The van der Waals surface area contributed by atoms with Crippen molar-refractivity contribution in [3.05, 3.63) is 95.8 Å². The molecule has 160 valence electrons. The first-order valence-corrected chi connectivity index (χ1v) is 11.5. The summed E-state index contributed by atoms with van der Waals surface area (Å²) in [5.41, 5.74) is 2.90. The van der Waals surface area contributed by atoms with Crippen LogP contribution in [-0.2, 0) is 6.54 Å². The number of rotatable bonds is 5. The summed E-state index contributed by atoms with van der Waals surface area (Å²) in [6, 6.07) is 27.0. The molecule has 3 aromatic carbocycles. The van der Waals surface area contributed by atoms with Crippen molar-refractivity contribution in [2.45, 2.75) is 38.9 Å². The maximum atomic E-state index is 3.92. The second-order valence-corrected chi connectivity index (χ2v) is 9.63. The van der Waals surface area contributed by atoms with Crippen LogP contribution in [0.5, 0.6) is 0 Å². The molecular weight excluding hydrogens is 378 g/mol. The van der Waals surface area contributed by atoms with Crippen molar-refractivity contribution < 1.29 is 0 Å². The maximum absolute atomic E-state index is 3.92. The van der Waals surface area contributed by atoms with Crippen molar-refractivity contribution in [2.24, 2.45) is 5.41 Å². The zero-order valence-electron chi connectivity index (χ0n) is 18.9. The van der Waals surface area contributed by atoms with E-state index in [9.17, 15) is 0 Å². The van der Waals surface area contributed by atoms with Gasteiger partial charge in [-0.3, -0.25) is 0 Å². The summed E-state index contributed by atoms with van der Waals surface area (Å²) in [6.45, 7) is 7.94. The molecule has 0 spiro atoms. The number of fused-ring (bicyclic) bond motifs is 2. The Morgan fingerprint density at radius 2 is 1.74 bits per heavy atom. The van der Waals surface area contributed by atoms with Gasteiger partial charge in [-0.15, -0.1) is 0 Å². The molecule has 0 bridgehead atoms. The van der Waals surface area contributed by atoms with E-state index >= 15 is 0 Å². The summed E-state index contributed by atoms with van der Waals surface area (Å²) in [5.74, 6) is 1.28. The maximum Gasteiger partial charge on any atom is 0.0989 e. The predicted octanol–water partition coefficient (Wildman–Crippen LogP) is 5.56. The molecule has 3 unspecified atom stereocenters. The number of nitrogens with one attached hydrogen (secondary N) is 1. The fraction of sp³-hybridized carbons (Fsp3) is 0.357. The number of hydrogen-bond donors (Lipinski definition) is 1. The number of benzene rings is 3. The molecule has 3 atom stereocenters. The Balaban J connectivity index is 1.47. The van der Waals surface area contributed by atoms with Crippen molar-refractivity contribution >= 4 is 10.8 Å². The zero-order valence-corrected chi connectivity index (χ0v) is 18.9. The first-order valence-electron chi connectivity index (χ1n) is 11.5. The first-order chi connectivity index (χ1) is 15.0. The van der Waals surface area contributed by atoms with E-state index in [1.54, 1.807) is 0 Å². The monoisotopic (exact) mass is 411 g/mol. The third kappa shape index (κ3) is 3.83. The van der Waals surface area contributed by atoms with Crippen LogP contribution in [0.4, 0.5) is 0 Å². The van der Waals surface area contributed by atoms with Gasteiger partial charge in [0.15, 0.2) is 0 Å². The lowest BCUT2D eigenvalue weighted by Crippen LogP contribution is -2.51. The van der Waals surface area contributed by atoms with E-state index in [4.69, 9.17) is 0 Å². The van der Waals surface area contributed by atoms with E-state index in [0.29, 0.717) is 6.04 Å². The Bertz CT molecular complexity index is 1080. The highest BCUT2D eigenvalue weighted by atomic mass is 15.3. The smallest absolute Gasteiger partial charge is 0.0989 e. The van der Waals surface area contributed by atoms with E-state index < -0.39 is 0 Å². The second kappa shape index (κ2) is 8.05. The fourth-order valence-electron chi connectivity index (χ4n) is 5.68. The van der Waals surface area contributed by atoms with Gasteiger partial charge in [0.2, 0.25) is 0 Å². The summed E-state index contributed by atoms with van der Waals surface area (Å²) in [5, 5.41) is 6.56. The number of likely N-dealkylation sites (tertiary alicyclic amines) is 1. The van der Waals surface area contributed by atoms with Gasteiger partial charge in [0.25, 0.3) is 0 Å². The minimum Gasteiger partial charge on any atom is -0.365 e. The Kier molecular flexibility index (Phi) is 5.23. The van der Waals surface area contributed by atoms with Crippen LogP contribution in [0.25, 0.3) is 10.8 Å². The van der Waals surface area contributed by atoms with Crippen LogP contribution in [0.3, 0.4) is 0 Å². The van der Waals surface area contributed by atoms with Crippen LogP contribution in [0.1, 0.15) is 37.4 Å². The molecule has 2 heterocycles. The molecule has 0 saturated carbocycles. The van der Waals surface area contributed by atoms with Crippen LogP contribution in [-0.4, -0.2) is 36.0 Å². The van der Waals surface area contributed by atoms with Gasteiger partial charge < -0.3 is 15.1 Å². The Morgan fingerprint density at radius 1 is 1.00 bits per heavy atom. The number of hydrogen-bond acceptors (Lipinski definition) is 3. The van der Waals surface area contributed by atoms with Crippen LogP contribution in [0.2, 0.25) is 0 Å². The molecule has 0 amide bonds. The van der Waals surface area contributed by atoms with Crippen LogP contribution in [0.15, 0.2) is 84.7 Å². The van der Waals surface area contributed by atoms with E-state index in [2.05, 4.69) is 115 Å². The molecule has 2 aliphatic rings. The largest absolute Gasteiger partial charge is 0.365 e. The van der Waals surface area contributed by atoms with Crippen molar-refractivity contribution in [2.75, 3.05) is 20.1 Å². The molecule has 0 radical (unpaired) electrons. The molecule has 3 aromatic rings. The van der Waals surface area contributed by atoms with Gasteiger partial charge >= 0.3 is 0 Å². The molecule has 1 saturated heterocycles. The highest BCUT2D eigenvalue weighted by Gasteiger charge is 2.46. The number of piperidine rings is 1. The van der Waals surface area contributed by atoms with Crippen LogP contribution >= 0.6 is 0 Å². The number of nitrogens with zero attached hydrogens (tertiary/aromatic N) is 2. The highest BCUT2D eigenvalue weighted by Crippen LogP contribution is 2.43. The Hall–Kier alpha value is -2.78. The molecule has 5 rings (SSSR count). The summed E-state index contributed by atoms with van der Waals surface area (Å²) in [7, 11) is 2.25. The predicted molar refractivity (Wildman–Crippen MR) is 130 cm³/mol. The molecule has 1 fully saturated rings. The molecule has 3 heteroatoms. The van der Waals surface area contributed by atoms with Gasteiger partial charge in [-0.25, -0.2) is 0 Å². The summed E-state index contributed by atoms with van der Waals surface area (Å²) in [6.07, 6.45) is 3.71. The average Bonchev–Trinajstić information content (AvgIpc) is 3.03. The van der Waals surface area contributed by atoms with Gasteiger partial charge in [-0.05, 0) is 54.9 Å². The van der Waals surface area contributed by atoms with Crippen LogP contribution in [0, 0.1) is 5.41 Å². The van der Waals surface area contributed by atoms with Crippen molar-refractivity contribution in [3.63, 3.8) is 0 Å². The standard InChI is InChI=1S/C28H33N3/c1-21(24-15-9-13-23-12-7-8-14-25(23)24)29-27-18-28(2)20-30(3)17-16-26(28)31(27)19-22-10-5-4-6-11-22/h4-15,18,21,26,29H,16-17,19-20H2,1-3H3. The fourth-order valence-corrected chi connectivity index (χ4v) is 5.68. The minimum atomic E-state index is 0.169. The van der Waals surface area contributed by atoms with Gasteiger partial charge in [0.1, 0.15) is 0 Å². The summed E-state index contributed by atoms with van der Waals surface area (Å²) in [4.78, 5) is 5.11. The zero-order chi connectivity index (χ0) is 21.4. The quantitative estimate of drug-likeness (QED) is 0.593. The van der Waals surface area contributed by atoms with Gasteiger partial charge in [0, 0.05) is 24.5 Å². The SMILES string of the molecule is CC(NC1=CC2(C)CN(C)CCC2N1Cc1ccccc1)c1cccc2ccccc12. The molecule has 31 heavy (non-hydrogen) atoms. The summed E-state index contributed by atoms with van der Waals surface area (Å²) < 4.78 is 0. The molecule has 3 nitrogen and oxygen atoms in total. The lowest BCUT2D eigenvalue weighted by molar-refractivity contribution is 0.0696. The lowest BCUT2D eigenvalue weighted by atomic mass is 9.79. The Labute approximate surface area is 186 Å². The van der Waals surface area contributed by atoms with E-state index in [1.165, 1.54) is 34.1 Å². The highest BCUT2D eigenvalue weighted by molar-refractivity contribution is 5.86. The van der Waals surface area contributed by atoms with Crippen LogP contribution < -0.4 is 5.32 Å². The van der Waals surface area contributed by atoms with Crippen molar-refractivity contribution in [1.82, 2.24) is 15.1 Å². The van der Waals surface area contributed by atoms with E-state index in [0.717, 1.165) is 19.6 Å². The second-order valence-electron chi connectivity index (χ2n) is 9.63. The van der Waals surface area contributed by atoms with E-state index in [1.807, 2.05) is 0 Å². The molecular formula is C28H33N3. The normalized spacial score (nSPS) is 24.7.